The van der Waals surface area contributed by atoms with Crippen LogP contribution in [-0.4, -0.2) is 36.5 Å². The van der Waals surface area contributed by atoms with Crippen LogP contribution in [0.4, 0.5) is 0 Å². The number of benzene rings is 1. The molecule has 0 bridgehead atoms. The highest BCUT2D eigenvalue weighted by molar-refractivity contribution is 5.80. The number of carbonyl (C=O) groups is 1. The first kappa shape index (κ1) is 11.7. The van der Waals surface area contributed by atoms with Gasteiger partial charge in [-0.05, 0) is 24.8 Å². The largest absolute Gasteiger partial charge is 0.339 e. The minimum Gasteiger partial charge on any atom is -0.339 e. The molecular weight excluding hydrogens is 224 g/mol. The lowest BCUT2D eigenvalue weighted by Gasteiger charge is -2.33. The van der Waals surface area contributed by atoms with Crippen LogP contribution >= 0.6 is 0 Å². The number of rotatable bonds is 3. The fourth-order valence-corrected chi connectivity index (χ4v) is 2.92. The maximum atomic E-state index is 12.3. The molecule has 1 aromatic carbocycles. The Labute approximate surface area is 108 Å². The van der Waals surface area contributed by atoms with Crippen LogP contribution in [-0.2, 0) is 11.2 Å². The summed E-state index contributed by atoms with van der Waals surface area (Å²) in [6.45, 7) is 2.69. The monoisotopic (exact) mass is 244 g/mol. The quantitative estimate of drug-likeness (QED) is 0.872. The first-order valence-corrected chi connectivity index (χ1v) is 6.90. The summed E-state index contributed by atoms with van der Waals surface area (Å²) >= 11 is 0. The van der Waals surface area contributed by atoms with Crippen molar-refractivity contribution < 1.29 is 4.79 Å². The first-order chi connectivity index (χ1) is 8.84. The number of nitrogens with one attached hydrogen (secondary N) is 1. The number of hydrogen-bond donors (Lipinski definition) is 1. The van der Waals surface area contributed by atoms with Crippen LogP contribution in [0.3, 0.4) is 0 Å². The summed E-state index contributed by atoms with van der Waals surface area (Å²) in [4.78, 5) is 14.4. The highest BCUT2D eigenvalue weighted by Crippen LogP contribution is 2.24. The third-order valence-corrected chi connectivity index (χ3v) is 4.11. The Hall–Kier alpha value is -1.35. The van der Waals surface area contributed by atoms with Crippen molar-refractivity contribution in [1.29, 1.82) is 0 Å². The second-order valence-electron chi connectivity index (χ2n) is 5.37. The van der Waals surface area contributed by atoms with Gasteiger partial charge in [0.05, 0.1) is 5.92 Å². The second-order valence-corrected chi connectivity index (χ2v) is 5.37. The Bertz CT molecular complexity index is 414. The van der Waals surface area contributed by atoms with Gasteiger partial charge in [-0.15, -0.1) is 0 Å². The summed E-state index contributed by atoms with van der Waals surface area (Å²) < 4.78 is 0. The van der Waals surface area contributed by atoms with E-state index >= 15 is 0 Å². The summed E-state index contributed by atoms with van der Waals surface area (Å²) in [7, 11) is 0. The van der Waals surface area contributed by atoms with E-state index in [1.54, 1.807) is 0 Å². The van der Waals surface area contributed by atoms with Gasteiger partial charge in [-0.25, -0.2) is 0 Å². The van der Waals surface area contributed by atoms with Crippen molar-refractivity contribution in [2.24, 2.45) is 5.92 Å². The normalized spacial score (nSPS) is 24.0. The summed E-state index contributed by atoms with van der Waals surface area (Å²) in [6.07, 6.45) is 3.32. The van der Waals surface area contributed by atoms with Gasteiger partial charge in [0.2, 0.25) is 5.91 Å². The van der Waals surface area contributed by atoms with Crippen LogP contribution in [0.25, 0.3) is 0 Å². The minimum atomic E-state index is 0.237. The molecule has 2 aliphatic rings. The Morgan fingerprint density at radius 2 is 2.06 bits per heavy atom. The van der Waals surface area contributed by atoms with E-state index in [0.717, 1.165) is 38.9 Å². The standard InChI is InChI=1S/C15H20N2O/c18-15(13-10-16-11-13)17-8-4-7-14(17)9-12-5-2-1-3-6-12/h1-3,5-6,13-14,16H,4,7-11H2. The molecule has 3 nitrogen and oxygen atoms in total. The summed E-state index contributed by atoms with van der Waals surface area (Å²) in [5.41, 5.74) is 1.34. The third-order valence-electron chi connectivity index (χ3n) is 4.11. The van der Waals surface area contributed by atoms with Crippen LogP contribution in [0, 0.1) is 5.92 Å². The number of likely N-dealkylation sites (tertiary alicyclic amines) is 1. The molecule has 1 atom stereocenters. The predicted molar refractivity (Wildman–Crippen MR) is 71.2 cm³/mol. The average Bonchev–Trinajstić information content (AvgIpc) is 2.76. The highest BCUT2D eigenvalue weighted by Gasteiger charge is 2.35. The molecule has 3 rings (SSSR count). The molecule has 1 N–H and O–H groups in total. The fourth-order valence-electron chi connectivity index (χ4n) is 2.92. The molecule has 0 saturated carbocycles. The zero-order valence-electron chi connectivity index (χ0n) is 10.6. The van der Waals surface area contributed by atoms with Crippen LogP contribution in [0.2, 0.25) is 0 Å². The van der Waals surface area contributed by atoms with E-state index in [1.807, 2.05) is 6.07 Å². The zero-order valence-corrected chi connectivity index (χ0v) is 10.6. The van der Waals surface area contributed by atoms with Gasteiger partial charge in [-0.1, -0.05) is 30.3 Å². The van der Waals surface area contributed by atoms with Gasteiger partial charge in [-0.2, -0.15) is 0 Å². The molecule has 0 spiro atoms. The highest BCUT2D eigenvalue weighted by atomic mass is 16.2. The maximum Gasteiger partial charge on any atom is 0.228 e. The molecule has 0 radical (unpaired) electrons. The van der Waals surface area contributed by atoms with Crippen LogP contribution in [0.5, 0.6) is 0 Å². The van der Waals surface area contributed by atoms with E-state index in [0.29, 0.717) is 11.9 Å². The molecule has 2 fully saturated rings. The van der Waals surface area contributed by atoms with Gasteiger partial charge in [0, 0.05) is 25.7 Å². The van der Waals surface area contributed by atoms with E-state index in [1.165, 1.54) is 5.56 Å². The summed E-state index contributed by atoms with van der Waals surface area (Å²) in [5.74, 6) is 0.605. The Morgan fingerprint density at radius 1 is 1.28 bits per heavy atom. The van der Waals surface area contributed by atoms with Crippen molar-refractivity contribution in [2.45, 2.75) is 25.3 Å². The van der Waals surface area contributed by atoms with Crippen molar-refractivity contribution in [3.63, 3.8) is 0 Å². The first-order valence-electron chi connectivity index (χ1n) is 6.90. The fraction of sp³-hybridized carbons (Fsp3) is 0.533. The van der Waals surface area contributed by atoms with Gasteiger partial charge >= 0.3 is 0 Å². The molecule has 18 heavy (non-hydrogen) atoms. The third kappa shape index (κ3) is 2.27. The SMILES string of the molecule is O=C(C1CNC1)N1CCCC1Cc1ccccc1. The van der Waals surface area contributed by atoms with Gasteiger partial charge in [-0.3, -0.25) is 4.79 Å². The molecule has 1 amide bonds. The Kier molecular flexibility index (Phi) is 3.33. The topological polar surface area (TPSA) is 32.3 Å². The van der Waals surface area contributed by atoms with Crippen molar-refractivity contribution >= 4 is 5.91 Å². The van der Waals surface area contributed by atoms with Crippen molar-refractivity contribution in [3.8, 4) is 0 Å². The number of nitrogens with zero attached hydrogens (tertiary/aromatic N) is 1. The molecule has 2 saturated heterocycles. The minimum absolute atomic E-state index is 0.237. The molecule has 96 valence electrons. The van der Waals surface area contributed by atoms with E-state index in [-0.39, 0.29) is 5.92 Å². The molecular formula is C15H20N2O. The van der Waals surface area contributed by atoms with Gasteiger partial charge in [0.15, 0.2) is 0 Å². The molecule has 0 aliphatic carbocycles. The lowest BCUT2D eigenvalue weighted by atomic mass is 9.99. The zero-order chi connectivity index (χ0) is 12.4. The van der Waals surface area contributed by atoms with E-state index < -0.39 is 0 Å². The number of carbonyl (C=O) groups excluding carboxylic acids is 1. The molecule has 3 heteroatoms. The van der Waals surface area contributed by atoms with Crippen LogP contribution < -0.4 is 5.32 Å². The molecule has 0 aromatic heterocycles. The van der Waals surface area contributed by atoms with Crippen LogP contribution in [0.15, 0.2) is 30.3 Å². The van der Waals surface area contributed by atoms with Crippen molar-refractivity contribution in [2.75, 3.05) is 19.6 Å². The summed E-state index contributed by atoms with van der Waals surface area (Å²) in [5, 5.41) is 3.18. The summed E-state index contributed by atoms with van der Waals surface area (Å²) in [6, 6.07) is 10.9. The van der Waals surface area contributed by atoms with Crippen LogP contribution in [0.1, 0.15) is 18.4 Å². The Balaban J connectivity index is 1.65. The predicted octanol–water partition coefficient (Wildman–Crippen LogP) is 1.44. The average molecular weight is 244 g/mol. The van der Waals surface area contributed by atoms with E-state index in [4.69, 9.17) is 0 Å². The van der Waals surface area contributed by atoms with Crippen molar-refractivity contribution in [3.05, 3.63) is 35.9 Å². The smallest absolute Gasteiger partial charge is 0.228 e. The molecule has 2 aliphatic heterocycles. The van der Waals surface area contributed by atoms with Gasteiger partial charge < -0.3 is 10.2 Å². The molecule has 2 heterocycles. The molecule has 1 unspecified atom stereocenters. The Morgan fingerprint density at radius 3 is 2.72 bits per heavy atom. The van der Waals surface area contributed by atoms with Crippen molar-refractivity contribution in [1.82, 2.24) is 10.2 Å². The number of hydrogen-bond acceptors (Lipinski definition) is 2. The second kappa shape index (κ2) is 5.11. The van der Waals surface area contributed by atoms with E-state index in [2.05, 4.69) is 34.5 Å². The number of amides is 1. The maximum absolute atomic E-state index is 12.3. The molecule has 1 aromatic rings. The van der Waals surface area contributed by atoms with Gasteiger partial charge in [0.25, 0.3) is 0 Å². The van der Waals surface area contributed by atoms with E-state index in [9.17, 15) is 4.79 Å². The van der Waals surface area contributed by atoms with Gasteiger partial charge in [0.1, 0.15) is 0 Å². The lowest BCUT2D eigenvalue weighted by molar-refractivity contribution is -0.137. The lowest BCUT2D eigenvalue weighted by Crippen LogP contribution is -2.53.